The van der Waals surface area contributed by atoms with E-state index in [2.05, 4.69) is 4.72 Å². The number of ether oxygens (including phenoxy) is 2. The van der Waals surface area contributed by atoms with E-state index in [1.165, 1.54) is 14.2 Å². The van der Waals surface area contributed by atoms with Gasteiger partial charge in [-0.15, -0.1) is 0 Å². The van der Waals surface area contributed by atoms with Gasteiger partial charge in [-0.05, 0) is 48.2 Å². The maximum atomic E-state index is 13.0. The van der Waals surface area contributed by atoms with Gasteiger partial charge in [0.15, 0.2) is 0 Å². The van der Waals surface area contributed by atoms with Gasteiger partial charge in [0.2, 0.25) is 5.91 Å². The first-order valence-electron chi connectivity index (χ1n) is 8.64. The third-order valence-corrected chi connectivity index (χ3v) is 6.33. The van der Waals surface area contributed by atoms with E-state index < -0.39 is 10.0 Å². The number of sulfonamides is 1. The van der Waals surface area contributed by atoms with Crippen LogP contribution in [0.1, 0.15) is 17.5 Å². The maximum Gasteiger partial charge on any atom is 0.262 e. The van der Waals surface area contributed by atoms with Crippen molar-refractivity contribution in [1.29, 1.82) is 0 Å². The molecule has 0 atom stereocenters. The molecule has 0 aliphatic carbocycles. The van der Waals surface area contributed by atoms with Gasteiger partial charge in [0.1, 0.15) is 11.5 Å². The average Bonchev–Trinajstić information content (AvgIpc) is 3.10. The minimum atomic E-state index is -3.80. The third kappa shape index (κ3) is 2.99. The zero-order valence-electron chi connectivity index (χ0n) is 15.1. The summed E-state index contributed by atoms with van der Waals surface area (Å²) in [6.45, 7) is 0.615. The predicted molar refractivity (Wildman–Crippen MR) is 101 cm³/mol. The van der Waals surface area contributed by atoms with Crippen molar-refractivity contribution in [1.82, 2.24) is 0 Å². The summed E-state index contributed by atoms with van der Waals surface area (Å²) < 4.78 is 39.0. The second-order valence-corrected chi connectivity index (χ2v) is 8.24. The van der Waals surface area contributed by atoms with Crippen molar-refractivity contribution >= 4 is 27.3 Å². The van der Waals surface area contributed by atoms with E-state index >= 15 is 0 Å². The second kappa shape index (κ2) is 6.45. The lowest BCUT2D eigenvalue weighted by atomic mass is 10.00. The van der Waals surface area contributed by atoms with Gasteiger partial charge >= 0.3 is 0 Å². The van der Waals surface area contributed by atoms with Gasteiger partial charge in [0.05, 0.1) is 30.5 Å². The molecule has 2 heterocycles. The van der Waals surface area contributed by atoms with Crippen LogP contribution < -0.4 is 19.1 Å². The fourth-order valence-electron chi connectivity index (χ4n) is 3.67. The largest absolute Gasteiger partial charge is 0.497 e. The number of benzene rings is 2. The lowest BCUT2D eigenvalue weighted by Crippen LogP contribution is -2.33. The van der Waals surface area contributed by atoms with E-state index in [1.54, 1.807) is 35.2 Å². The molecule has 0 unspecified atom stereocenters. The van der Waals surface area contributed by atoms with Crippen LogP contribution in [-0.4, -0.2) is 35.1 Å². The first-order chi connectivity index (χ1) is 12.9. The molecule has 0 saturated carbocycles. The Balaban J connectivity index is 1.71. The van der Waals surface area contributed by atoms with E-state index in [9.17, 15) is 13.2 Å². The Morgan fingerprint density at radius 1 is 1.00 bits per heavy atom. The summed E-state index contributed by atoms with van der Waals surface area (Å²) in [6.07, 6.45) is 1.64. The van der Waals surface area contributed by atoms with Crippen molar-refractivity contribution < 1.29 is 22.7 Å². The number of anilines is 2. The predicted octanol–water partition coefficient (Wildman–Crippen LogP) is 2.34. The first kappa shape index (κ1) is 17.7. The number of rotatable bonds is 5. The number of carbonyl (C=O) groups excluding carboxylic acids is 1. The highest BCUT2D eigenvalue weighted by atomic mass is 32.2. The molecule has 2 aliphatic heterocycles. The van der Waals surface area contributed by atoms with Crippen molar-refractivity contribution in [2.24, 2.45) is 0 Å². The number of nitrogens with zero attached hydrogens (tertiary/aromatic N) is 1. The number of hydrogen-bond donors (Lipinski definition) is 1. The summed E-state index contributed by atoms with van der Waals surface area (Å²) in [6, 6.07) is 8.22. The molecule has 0 spiro atoms. The Morgan fingerprint density at radius 3 is 2.44 bits per heavy atom. The Labute approximate surface area is 157 Å². The zero-order valence-corrected chi connectivity index (χ0v) is 15.9. The van der Waals surface area contributed by atoms with Crippen molar-refractivity contribution in [2.75, 3.05) is 30.4 Å². The van der Waals surface area contributed by atoms with Crippen LogP contribution in [-0.2, 0) is 27.7 Å². The van der Waals surface area contributed by atoms with Crippen LogP contribution >= 0.6 is 0 Å². The van der Waals surface area contributed by atoms with Crippen LogP contribution in [0.15, 0.2) is 35.2 Å². The Hall–Kier alpha value is -2.74. The first-order valence-corrected chi connectivity index (χ1v) is 10.1. The van der Waals surface area contributed by atoms with E-state index in [4.69, 9.17) is 9.47 Å². The molecule has 1 N–H and O–H groups in total. The van der Waals surface area contributed by atoms with E-state index in [-0.39, 0.29) is 10.8 Å². The van der Waals surface area contributed by atoms with Gasteiger partial charge in [-0.1, -0.05) is 0 Å². The molecule has 27 heavy (non-hydrogen) atoms. The fourth-order valence-corrected chi connectivity index (χ4v) is 4.84. The molecule has 142 valence electrons. The Bertz CT molecular complexity index is 1030. The highest BCUT2D eigenvalue weighted by molar-refractivity contribution is 7.92. The van der Waals surface area contributed by atoms with Crippen LogP contribution in [0, 0.1) is 0 Å². The van der Waals surface area contributed by atoms with Crippen molar-refractivity contribution in [3.05, 3.63) is 41.5 Å². The molecule has 2 aromatic carbocycles. The van der Waals surface area contributed by atoms with Gasteiger partial charge in [0, 0.05) is 19.0 Å². The van der Waals surface area contributed by atoms with Gasteiger partial charge in [0.25, 0.3) is 10.0 Å². The standard InChI is InChI=1S/C19H20N2O5S/c1-25-14-4-5-16(17(11-14)26-2)20-27(23,24)15-9-12-3-6-18(22)21-8-7-13(10-15)19(12)21/h4-5,9-11,20H,3,6-8H2,1-2H3. The Kier molecular flexibility index (Phi) is 4.22. The number of nitrogens with one attached hydrogen (secondary N) is 1. The second-order valence-electron chi connectivity index (χ2n) is 6.56. The van der Waals surface area contributed by atoms with Crippen molar-refractivity contribution in [2.45, 2.75) is 24.2 Å². The minimum absolute atomic E-state index is 0.109. The maximum absolute atomic E-state index is 13.0. The Morgan fingerprint density at radius 2 is 1.74 bits per heavy atom. The minimum Gasteiger partial charge on any atom is -0.497 e. The summed E-state index contributed by atoms with van der Waals surface area (Å²) in [5.74, 6) is 1.05. The van der Waals surface area contributed by atoms with Crippen LogP contribution in [0.25, 0.3) is 0 Å². The summed E-state index contributed by atoms with van der Waals surface area (Å²) in [5.41, 5.74) is 3.05. The number of carbonyl (C=O) groups is 1. The van der Waals surface area contributed by atoms with Crippen LogP contribution in [0.4, 0.5) is 11.4 Å². The van der Waals surface area contributed by atoms with Gasteiger partial charge in [-0.25, -0.2) is 8.42 Å². The fraction of sp³-hybridized carbons (Fsp3) is 0.316. The molecular weight excluding hydrogens is 368 g/mol. The number of aryl methyl sites for hydroxylation is 1. The van der Waals surface area contributed by atoms with Gasteiger partial charge in [-0.3, -0.25) is 9.52 Å². The molecular formula is C19H20N2O5S. The molecule has 0 bridgehead atoms. The molecule has 8 heteroatoms. The van der Waals surface area contributed by atoms with Gasteiger partial charge < -0.3 is 14.4 Å². The topological polar surface area (TPSA) is 84.9 Å². The molecule has 0 saturated heterocycles. The summed E-state index contributed by atoms with van der Waals surface area (Å²) in [5, 5.41) is 0. The zero-order chi connectivity index (χ0) is 19.2. The normalized spacial score (nSPS) is 15.5. The molecule has 0 fully saturated rings. The lowest BCUT2D eigenvalue weighted by Gasteiger charge is -2.25. The highest BCUT2D eigenvalue weighted by Crippen LogP contribution is 2.39. The van der Waals surface area contributed by atoms with Crippen LogP contribution in [0.3, 0.4) is 0 Å². The number of amides is 1. The van der Waals surface area contributed by atoms with E-state index in [0.29, 0.717) is 43.0 Å². The monoisotopic (exact) mass is 388 g/mol. The SMILES string of the molecule is COc1ccc(NS(=O)(=O)c2cc3c4c(c2)CCN4C(=O)CC3)c(OC)c1. The molecule has 1 amide bonds. The molecule has 4 rings (SSSR count). The quantitative estimate of drug-likeness (QED) is 0.850. The molecule has 7 nitrogen and oxygen atoms in total. The smallest absolute Gasteiger partial charge is 0.262 e. The molecule has 0 aromatic heterocycles. The highest BCUT2D eigenvalue weighted by Gasteiger charge is 2.33. The molecule has 2 aliphatic rings. The lowest BCUT2D eigenvalue weighted by molar-refractivity contribution is -0.118. The summed E-state index contributed by atoms with van der Waals surface area (Å²) in [7, 11) is -0.800. The van der Waals surface area contributed by atoms with Gasteiger partial charge in [-0.2, -0.15) is 0 Å². The summed E-state index contributed by atoms with van der Waals surface area (Å²) in [4.78, 5) is 14.0. The third-order valence-electron chi connectivity index (χ3n) is 4.99. The van der Waals surface area contributed by atoms with E-state index in [0.717, 1.165) is 16.8 Å². The average molecular weight is 388 g/mol. The van der Waals surface area contributed by atoms with Crippen molar-refractivity contribution in [3.63, 3.8) is 0 Å². The van der Waals surface area contributed by atoms with Crippen LogP contribution in [0.5, 0.6) is 11.5 Å². The van der Waals surface area contributed by atoms with Crippen molar-refractivity contribution in [3.8, 4) is 11.5 Å². The number of methoxy groups -OCH3 is 2. The molecule has 2 aromatic rings. The van der Waals surface area contributed by atoms with E-state index in [1.807, 2.05) is 0 Å². The summed E-state index contributed by atoms with van der Waals surface area (Å²) >= 11 is 0. The molecule has 0 radical (unpaired) electrons. The number of hydrogen-bond acceptors (Lipinski definition) is 5. The van der Waals surface area contributed by atoms with Crippen LogP contribution in [0.2, 0.25) is 0 Å².